The van der Waals surface area contributed by atoms with Crippen LogP contribution in [0.2, 0.25) is 0 Å². The van der Waals surface area contributed by atoms with Crippen LogP contribution in [0.5, 0.6) is 0 Å². The van der Waals surface area contributed by atoms with Crippen molar-refractivity contribution in [2.45, 2.75) is 39.3 Å². The molecule has 1 aromatic rings. The summed E-state index contributed by atoms with van der Waals surface area (Å²) in [6.07, 6.45) is 1.80. The SMILES string of the molecule is CCNC(C)c1cccnc1N1CCN(C)C(=O)C1(C)C. The summed E-state index contributed by atoms with van der Waals surface area (Å²) < 4.78 is 0. The van der Waals surface area contributed by atoms with Crippen molar-refractivity contribution in [3.63, 3.8) is 0 Å². The minimum Gasteiger partial charge on any atom is -0.342 e. The van der Waals surface area contributed by atoms with Gasteiger partial charge >= 0.3 is 0 Å². The van der Waals surface area contributed by atoms with Gasteiger partial charge in [-0.25, -0.2) is 4.98 Å². The van der Waals surface area contributed by atoms with Crippen molar-refractivity contribution in [3.8, 4) is 0 Å². The van der Waals surface area contributed by atoms with E-state index in [1.807, 2.05) is 27.0 Å². The third-order valence-corrected chi connectivity index (χ3v) is 4.25. The van der Waals surface area contributed by atoms with Gasteiger partial charge in [0, 0.05) is 37.9 Å². The van der Waals surface area contributed by atoms with Crippen molar-refractivity contribution in [2.75, 3.05) is 31.6 Å². The summed E-state index contributed by atoms with van der Waals surface area (Å²) in [5.41, 5.74) is 0.576. The third-order valence-electron chi connectivity index (χ3n) is 4.25. The molecule has 1 saturated heterocycles. The molecule has 1 aliphatic heterocycles. The number of aromatic nitrogens is 1. The predicted octanol–water partition coefficient (Wildman–Crippen LogP) is 1.81. The number of amides is 1. The highest BCUT2D eigenvalue weighted by atomic mass is 16.2. The number of piperazine rings is 1. The maximum absolute atomic E-state index is 12.5. The van der Waals surface area contributed by atoms with Crippen LogP contribution in [0, 0.1) is 0 Å². The van der Waals surface area contributed by atoms with Crippen LogP contribution < -0.4 is 10.2 Å². The Morgan fingerprint density at radius 1 is 1.43 bits per heavy atom. The fourth-order valence-electron chi connectivity index (χ4n) is 2.97. The molecule has 1 aliphatic rings. The molecule has 0 aliphatic carbocycles. The second-order valence-electron chi connectivity index (χ2n) is 6.13. The van der Waals surface area contributed by atoms with E-state index in [4.69, 9.17) is 0 Å². The summed E-state index contributed by atoms with van der Waals surface area (Å²) >= 11 is 0. The van der Waals surface area contributed by atoms with E-state index >= 15 is 0 Å². The number of hydrogen-bond acceptors (Lipinski definition) is 4. The average Bonchev–Trinajstić information content (AvgIpc) is 2.45. The van der Waals surface area contributed by atoms with Gasteiger partial charge in [0.05, 0.1) is 0 Å². The Hall–Kier alpha value is -1.62. The number of anilines is 1. The standard InChI is InChI=1S/C16H26N4O/c1-6-17-12(2)13-8-7-9-18-14(13)20-11-10-19(5)15(21)16(20,3)4/h7-9,12,17H,6,10-11H2,1-5H3. The molecule has 0 saturated carbocycles. The van der Waals surface area contributed by atoms with Crippen LogP contribution in [0.15, 0.2) is 18.3 Å². The average molecular weight is 290 g/mol. The molecule has 5 nitrogen and oxygen atoms in total. The summed E-state index contributed by atoms with van der Waals surface area (Å²) in [5, 5.41) is 3.43. The van der Waals surface area contributed by atoms with Crippen molar-refractivity contribution >= 4 is 11.7 Å². The van der Waals surface area contributed by atoms with Gasteiger partial charge in [-0.15, -0.1) is 0 Å². The molecule has 116 valence electrons. The first-order valence-electron chi connectivity index (χ1n) is 7.61. The zero-order valence-corrected chi connectivity index (χ0v) is 13.7. The van der Waals surface area contributed by atoms with Crippen LogP contribution in [0.1, 0.15) is 39.3 Å². The number of likely N-dealkylation sites (N-methyl/N-ethyl adjacent to an activating group) is 1. The van der Waals surface area contributed by atoms with Gasteiger partial charge in [-0.2, -0.15) is 0 Å². The van der Waals surface area contributed by atoms with Crippen molar-refractivity contribution in [3.05, 3.63) is 23.9 Å². The van der Waals surface area contributed by atoms with Crippen LogP contribution in [0.25, 0.3) is 0 Å². The van der Waals surface area contributed by atoms with Gasteiger partial charge in [-0.1, -0.05) is 13.0 Å². The molecule has 0 aromatic carbocycles. The first-order chi connectivity index (χ1) is 9.89. The summed E-state index contributed by atoms with van der Waals surface area (Å²) in [7, 11) is 1.86. The molecule has 21 heavy (non-hydrogen) atoms. The highest BCUT2D eigenvalue weighted by molar-refractivity contribution is 5.90. The van der Waals surface area contributed by atoms with E-state index in [1.54, 1.807) is 11.1 Å². The maximum Gasteiger partial charge on any atom is 0.247 e. The minimum atomic E-state index is -0.567. The summed E-state index contributed by atoms with van der Waals surface area (Å²) in [4.78, 5) is 21.0. The molecule has 1 fully saturated rings. The van der Waals surface area contributed by atoms with Gasteiger partial charge < -0.3 is 15.1 Å². The molecule has 1 amide bonds. The molecule has 0 spiro atoms. The number of nitrogens with one attached hydrogen (secondary N) is 1. The fraction of sp³-hybridized carbons (Fsp3) is 0.625. The maximum atomic E-state index is 12.5. The zero-order chi connectivity index (χ0) is 15.6. The summed E-state index contributed by atoms with van der Waals surface area (Å²) in [6.45, 7) is 10.6. The Morgan fingerprint density at radius 2 is 2.14 bits per heavy atom. The van der Waals surface area contributed by atoms with Crippen LogP contribution in [-0.4, -0.2) is 48.0 Å². The molecule has 0 bridgehead atoms. The zero-order valence-electron chi connectivity index (χ0n) is 13.7. The van der Waals surface area contributed by atoms with Crippen LogP contribution in [0.3, 0.4) is 0 Å². The van der Waals surface area contributed by atoms with Crippen molar-refractivity contribution in [1.82, 2.24) is 15.2 Å². The first kappa shape index (κ1) is 15.8. The lowest BCUT2D eigenvalue weighted by Gasteiger charge is -2.46. The molecule has 5 heteroatoms. The van der Waals surface area contributed by atoms with E-state index in [-0.39, 0.29) is 11.9 Å². The fourth-order valence-corrected chi connectivity index (χ4v) is 2.97. The predicted molar refractivity (Wildman–Crippen MR) is 85.4 cm³/mol. The van der Waals surface area contributed by atoms with E-state index in [2.05, 4.69) is 35.1 Å². The molecule has 1 unspecified atom stereocenters. The van der Waals surface area contributed by atoms with Crippen molar-refractivity contribution in [2.24, 2.45) is 0 Å². The van der Waals surface area contributed by atoms with E-state index < -0.39 is 5.54 Å². The van der Waals surface area contributed by atoms with Crippen LogP contribution in [-0.2, 0) is 4.79 Å². The molecule has 2 heterocycles. The topological polar surface area (TPSA) is 48.5 Å². The van der Waals surface area contributed by atoms with Crippen molar-refractivity contribution in [1.29, 1.82) is 0 Å². The van der Waals surface area contributed by atoms with E-state index in [9.17, 15) is 4.79 Å². The lowest BCUT2D eigenvalue weighted by Crippen LogP contribution is -2.62. The lowest BCUT2D eigenvalue weighted by atomic mass is 9.96. The molecular weight excluding hydrogens is 264 g/mol. The number of pyridine rings is 1. The smallest absolute Gasteiger partial charge is 0.247 e. The van der Waals surface area contributed by atoms with E-state index in [0.717, 1.165) is 31.0 Å². The molecule has 1 aromatic heterocycles. The second-order valence-corrected chi connectivity index (χ2v) is 6.13. The normalized spacial score (nSPS) is 19.8. The number of hydrogen-bond donors (Lipinski definition) is 1. The van der Waals surface area contributed by atoms with E-state index in [0.29, 0.717) is 0 Å². The Morgan fingerprint density at radius 3 is 2.81 bits per heavy atom. The molecule has 0 radical (unpaired) electrons. The number of carbonyl (C=O) groups excluding carboxylic acids is 1. The summed E-state index contributed by atoms with van der Waals surface area (Å²) in [6, 6.07) is 4.26. The Bertz CT molecular complexity index is 515. The van der Waals surface area contributed by atoms with Crippen molar-refractivity contribution < 1.29 is 4.79 Å². The Balaban J connectivity index is 2.40. The second kappa shape index (κ2) is 6.02. The van der Waals surface area contributed by atoms with Gasteiger partial charge in [0.2, 0.25) is 5.91 Å². The number of carbonyl (C=O) groups is 1. The van der Waals surface area contributed by atoms with Gasteiger partial charge in [0.15, 0.2) is 0 Å². The van der Waals surface area contributed by atoms with Crippen LogP contribution >= 0.6 is 0 Å². The highest BCUT2D eigenvalue weighted by Crippen LogP contribution is 2.32. The van der Waals surface area contributed by atoms with Gasteiger partial charge in [0.25, 0.3) is 0 Å². The Labute approximate surface area is 127 Å². The number of nitrogens with zero attached hydrogens (tertiary/aromatic N) is 3. The largest absolute Gasteiger partial charge is 0.342 e. The Kier molecular flexibility index (Phi) is 4.52. The third kappa shape index (κ3) is 2.88. The molecule has 1 atom stereocenters. The molecular formula is C16H26N4O. The quantitative estimate of drug-likeness (QED) is 0.919. The van der Waals surface area contributed by atoms with E-state index in [1.165, 1.54) is 0 Å². The van der Waals surface area contributed by atoms with Gasteiger partial charge in [0.1, 0.15) is 11.4 Å². The highest BCUT2D eigenvalue weighted by Gasteiger charge is 2.42. The monoisotopic (exact) mass is 290 g/mol. The number of rotatable bonds is 4. The van der Waals surface area contributed by atoms with Gasteiger partial charge in [-0.3, -0.25) is 4.79 Å². The first-order valence-corrected chi connectivity index (χ1v) is 7.61. The summed E-state index contributed by atoms with van der Waals surface area (Å²) in [5.74, 6) is 1.05. The molecule has 1 N–H and O–H groups in total. The van der Waals surface area contributed by atoms with Crippen LogP contribution in [0.4, 0.5) is 5.82 Å². The minimum absolute atomic E-state index is 0.140. The molecule has 2 rings (SSSR count). The van der Waals surface area contributed by atoms with Gasteiger partial charge in [-0.05, 0) is 33.4 Å². The lowest BCUT2D eigenvalue weighted by molar-refractivity contribution is -0.136.